The molecule has 0 amide bonds. The normalized spacial score (nSPS) is 18.2. The Hall–Kier alpha value is -1.07. The third kappa shape index (κ3) is 5.97. The van der Waals surface area contributed by atoms with Crippen LogP contribution in [0.3, 0.4) is 0 Å². The summed E-state index contributed by atoms with van der Waals surface area (Å²) < 4.78 is 0. The number of guanidine groups is 1. The van der Waals surface area contributed by atoms with Crippen LogP contribution in [0.1, 0.15) is 43.9 Å². The van der Waals surface area contributed by atoms with Crippen LogP contribution >= 0.6 is 11.3 Å². The Balaban J connectivity index is 1.74. The third-order valence-corrected chi connectivity index (χ3v) is 5.17. The van der Waals surface area contributed by atoms with Gasteiger partial charge in [0.2, 0.25) is 0 Å². The lowest BCUT2D eigenvalue weighted by Crippen LogP contribution is -2.42. The van der Waals surface area contributed by atoms with Gasteiger partial charge < -0.3 is 15.5 Å². The fraction of sp³-hybridized carbons (Fsp3) is 0.706. The van der Waals surface area contributed by atoms with E-state index in [1.165, 1.54) is 37.2 Å². The molecule has 124 valence electrons. The van der Waals surface area contributed by atoms with E-state index < -0.39 is 0 Å². The Labute approximate surface area is 139 Å². The molecule has 22 heavy (non-hydrogen) atoms. The van der Waals surface area contributed by atoms with Gasteiger partial charge in [-0.05, 0) is 44.3 Å². The summed E-state index contributed by atoms with van der Waals surface area (Å²) in [5, 5.41) is 8.95. The van der Waals surface area contributed by atoms with Crippen molar-refractivity contribution in [1.29, 1.82) is 0 Å². The van der Waals surface area contributed by atoms with E-state index in [0.717, 1.165) is 32.1 Å². The molecule has 2 heterocycles. The summed E-state index contributed by atoms with van der Waals surface area (Å²) in [5.74, 6) is 1.43. The van der Waals surface area contributed by atoms with Crippen LogP contribution in [0.25, 0.3) is 0 Å². The average molecular weight is 323 g/mol. The van der Waals surface area contributed by atoms with Crippen LogP contribution in [0.2, 0.25) is 0 Å². The maximum absolute atomic E-state index is 4.73. The van der Waals surface area contributed by atoms with E-state index in [1.54, 1.807) is 0 Å². The molecular weight excluding hydrogens is 292 g/mol. The molecule has 1 fully saturated rings. The molecule has 5 heteroatoms. The Morgan fingerprint density at radius 1 is 1.32 bits per heavy atom. The standard InChI is InChI=1S/C17H30N4S/c1-3-18-17(19-9-12-21-10-5-4-6-11-21)20-14-15(2)16-8-7-13-22-16/h7-8,13,15H,3-6,9-12,14H2,1-2H3,(H2,18,19,20). The Bertz CT molecular complexity index is 424. The number of aliphatic imine (C=N–C) groups is 1. The maximum atomic E-state index is 4.73. The molecule has 0 aromatic carbocycles. The van der Waals surface area contributed by atoms with E-state index >= 15 is 0 Å². The van der Waals surface area contributed by atoms with Crippen LogP contribution in [0.15, 0.2) is 22.5 Å². The second-order valence-corrected chi connectivity index (χ2v) is 6.94. The Morgan fingerprint density at radius 2 is 2.14 bits per heavy atom. The number of rotatable bonds is 7. The Kier molecular flexibility index (Phi) is 7.74. The van der Waals surface area contributed by atoms with Crippen LogP contribution in [-0.2, 0) is 0 Å². The average Bonchev–Trinajstić information content (AvgIpc) is 3.08. The van der Waals surface area contributed by atoms with Crippen LogP contribution in [-0.4, -0.2) is 50.1 Å². The van der Waals surface area contributed by atoms with Gasteiger partial charge in [-0.2, -0.15) is 0 Å². The highest BCUT2D eigenvalue weighted by molar-refractivity contribution is 7.10. The lowest BCUT2D eigenvalue weighted by atomic mass is 10.1. The highest BCUT2D eigenvalue weighted by Crippen LogP contribution is 2.20. The molecule has 0 bridgehead atoms. The first-order valence-electron chi connectivity index (χ1n) is 8.57. The van der Waals surface area contributed by atoms with Crippen molar-refractivity contribution in [3.05, 3.63) is 22.4 Å². The van der Waals surface area contributed by atoms with E-state index in [0.29, 0.717) is 5.92 Å². The summed E-state index contributed by atoms with van der Waals surface area (Å²) in [6.07, 6.45) is 4.10. The summed E-state index contributed by atoms with van der Waals surface area (Å²) in [5.41, 5.74) is 0. The number of nitrogens with one attached hydrogen (secondary N) is 2. The molecule has 1 saturated heterocycles. The number of hydrogen-bond donors (Lipinski definition) is 2. The summed E-state index contributed by atoms with van der Waals surface area (Å²) >= 11 is 1.82. The zero-order chi connectivity index (χ0) is 15.6. The van der Waals surface area contributed by atoms with Gasteiger partial charge in [-0.15, -0.1) is 11.3 Å². The van der Waals surface area contributed by atoms with E-state index in [4.69, 9.17) is 4.99 Å². The van der Waals surface area contributed by atoms with Gasteiger partial charge in [0, 0.05) is 30.4 Å². The first-order chi connectivity index (χ1) is 10.8. The minimum Gasteiger partial charge on any atom is -0.357 e. The molecule has 0 saturated carbocycles. The monoisotopic (exact) mass is 322 g/mol. The number of hydrogen-bond acceptors (Lipinski definition) is 3. The van der Waals surface area contributed by atoms with Crippen molar-refractivity contribution in [2.75, 3.05) is 39.3 Å². The van der Waals surface area contributed by atoms with E-state index in [9.17, 15) is 0 Å². The first-order valence-corrected chi connectivity index (χ1v) is 9.45. The van der Waals surface area contributed by atoms with Crippen molar-refractivity contribution in [2.45, 2.75) is 39.0 Å². The number of piperidine rings is 1. The van der Waals surface area contributed by atoms with Gasteiger partial charge in [-0.3, -0.25) is 4.99 Å². The summed E-state index contributed by atoms with van der Waals surface area (Å²) in [6, 6.07) is 4.31. The first kappa shape index (κ1) is 17.3. The predicted octanol–water partition coefficient (Wildman–Crippen LogP) is 2.89. The highest BCUT2D eigenvalue weighted by Gasteiger charge is 2.10. The zero-order valence-electron chi connectivity index (χ0n) is 14.0. The van der Waals surface area contributed by atoms with Gasteiger partial charge in [0.25, 0.3) is 0 Å². The number of nitrogens with zero attached hydrogens (tertiary/aromatic N) is 2. The van der Waals surface area contributed by atoms with Crippen molar-refractivity contribution in [1.82, 2.24) is 15.5 Å². The highest BCUT2D eigenvalue weighted by atomic mass is 32.1. The fourth-order valence-corrected chi connectivity index (χ4v) is 3.53. The molecule has 2 N–H and O–H groups in total. The molecule has 2 rings (SSSR count). The van der Waals surface area contributed by atoms with Gasteiger partial charge >= 0.3 is 0 Å². The topological polar surface area (TPSA) is 39.7 Å². The summed E-state index contributed by atoms with van der Waals surface area (Å²) in [4.78, 5) is 8.69. The lowest BCUT2D eigenvalue weighted by Gasteiger charge is -2.26. The van der Waals surface area contributed by atoms with E-state index in [-0.39, 0.29) is 0 Å². The van der Waals surface area contributed by atoms with E-state index in [1.807, 2.05) is 11.3 Å². The SMILES string of the molecule is CCNC(=NCC(C)c1cccs1)NCCN1CCCCC1. The van der Waals surface area contributed by atoms with Gasteiger partial charge in [0.15, 0.2) is 5.96 Å². The molecule has 4 nitrogen and oxygen atoms in total. The molecule has 0 aliphatic carbocycles. The molecule has 1 aromatic heterocycles. The van der Waals surface area contributed by atoms with Crippen LogP contribution in [0, 0.1) is 0 Å². The largest absolute Gasteiger partial charge is 0.357 e. The van der Waals surface area contributed by atoms with Crippen molar-refractivity contribution in [3.63, 3.8) is 0 Å². The third-order valence-electron chi connectivity index (χ3n) is 4.07. The smallest absolute Gasteiger partial charge is 0.191 e. The number of likely N-dealkylation sites (tertiary alicyclic amines) is 1. The van der Waals surface area contributed by atoms with Gasteiger partial charge in [-0.1, -0.05) is 19.4 Å². The molecule has 0 radical (unpaired) electrons. The minimum absolute atomic E-state index is 0.484. The molecule has 1 aliphatic heterocycles. The summed E-state index contributed by atoms with van der Waals surface area (Å²) in [7, 11) is 0. The quantitative estimate of drug-likeness (QED) is 0.599. The van der Waals surface area contributed by atoms with Crippen LogP contribution in [0.5, 0.6) is 0 Å². The molecular formula is C17H30N4S. The van der Waals surface area contributed by atoms with Gasteiger partial charge in [0.05, 0.1) is 6.54 Å². The fourth-order valence-electron chi connectivity index (χ4n) is 2.75. The van der Waals surface area contributed by atoms with Crippen molar-refractivity contribution >= 4 is 17.3 Å². The predicted molar refractivity (Wildman–Crippen MR) is 97.0 cm³/mol. The van der Waals surface area contributed by atoms with E-state index in [2.05, 4.69) is 46.9 Å². The molecule has 0 spiro atoms. The second kappa shape index (κ2) is 9.85. The van der Waals surface area contributed by atoms with Gasteiger partial charge in [-0.25, -0.2) is 0 Å². The molecule has 1 unspecified atom stereocenters. The lowest BCUT2D eigenvalue weighted by molar-refractivity contribution is 0.232. The van der Waals surface area contributed by atoms with Crippen molar-refractivity contribution in [2.24, 2.45) is 4.99 Å². The summed E-state index contributed by atoms with van der Waals surface area (Å²) in [6.45, 7) is 10.7. The minimum atomic E-state index is 0.484. The van der Waals surface area contributed by atoms with Crippen molar-refractivity contribution < 1.29 is 0 Å². The van der Waals surface area contributed by atoms with Crippen LogP contribution < -0.4 is 10.6 Å². The molecule has 1 atom stereocenters. The van der Waals surface area contributed by atoms with Crippen molar-refractivity contribution in [3.8, 4) is 0 Å². The molecule has 1 aliphatic rings. The van der Waals surface area contributed by atoms with Crippen LogP contribution in [0.4, 0.5) is 0 Å². The van der Waals surface area contributed by atoms with Gasteiger partial charge in [0.1, 0.15) is 0 Å². The Morgan fingerprint density at radius 3 is 2.82 bits per heavy atom. The molecule has 1 aromatic rings. The number of thiophene rings is 1. The second-order valence-electron chi connectivity index (χ2n) is 5.97. The maximum Gasteiger partial charge on any atom is 0.191 e. The zero-order valence-corrected chi connectivity index (χ0v) is 14.8.